The number of furan rings is 1. The van der Waals surface area contributed by atoms with Crippen molar-refractivity contribution in [2.24, 2.45) is 0 Å². The topological polar surface area (TPSA) is 61.7 Å². The van der Waals surface area contributed by atoms with Gasteiger partial charge in [0.25, 0.3) is 0 Å². The number of fused-ring (bicyclic) bond motifs is 9. The summed E-state index contributed by atoms with van der Waals surface area (Å²) < 4.78 is 55.3. The van der Waals surface area contributed by atoms with Crippen LogP contribution in [0.25, 0.3) is 122 Å². The molecule has 13 aromatic rings. The lowest BCUT2D eigenvalue weighted by Crippen LogP contribution is -2.07. The lowest BCUT2D eigenvalue weighted by molar-refractivity contribution is 0.669. The van der Waals surface area contributed by atoms with E-state index in [4.69, 9.17) is 26.2 Å². The fourth-order valence-electron chi connectivity index (χ4n) is 9.32. The molecule has 9 aromatic carbocycles. The summed E-state index contributed by atoms with van der Waals surface area (Å²) >= 11 is 0. The molecule has 0 unspecified atom stereocenters. The lowest BCUT2D eigenvalue weighted by Gasteiger charge is -2.13. The van der Waals surface area contributed by atoms with E-state index in [1.54, 1.807) is 0 Å². The van der Waals surface area contributed by atoms with Gasteiger partial charge in [-0.3, -0.25) is 4.57 Å². The van der Waals surface area contributed by atoms with E-state index in [0.29, 0.717) is 16.7 Å². The molecular formula is C57H35N5O. The average Bonchev–Trinajstić information content (AvgIpc) is 4.05. The molecule has 0 aliphatic rings. The van der Waals surface area contributed by atoms with Gasteiger partial charge >= 0.3 is 0 Å². The molecule has 13 rings (SSSR count). The van der Waals surface area contributed by atoms with Crippen LogP contribution in [-0.4, -0.2) is 24.1 Å². The molecule has 0 saturated carbocycles. The second-order valence-corrected chi connectivity index (χ2v) is 15.6. The summed E-state index contributed by atoms with van der Waals surface area (Å²) in [4.78, 5) is 15.5. The second-order valence-electron chi connectivity index (χ2n) is 15.6. The molecule has 0 atom stereocenters. The molecule has 6 nitrogen and oxygen atoms in total. The Kier molecular flexibility index (Phi) is 6.75. The molecule has 0 N–H and O–H groups in total. The third kappa shape index (κ3) is 5.55. The Hall–Kier alpha value is -8.61. The molecule has 0 bridgehead atoms. The molecule has 63 heavy (non-hydrogen) atoms. The third-order valence-electron chi connectivity index (χ3n) is 12.1. The Balaban J connectivity index is 1.17. The number of para-hydroxylation sites is 3. The number of nitrogens with zero attached hydrogens (tertiary/aromatic N) is 5. The predicted octanol–water partition coefficient (Wildman–Crippen LogP) is 14.6. The van der Waals surface area contributed by atoms with Gasteiger partial charge in [-0.1, -0.05) is 164 Å². The summed E-state index contributed by atoms with van der Waals surface area (Å²) in [6.45, 7) is 0. The van der Waals surface area contributed by atoms with Gasteiger partial charge < -0.3 is 8.98 Å². The monoisotopic (exact) mass is 810 g/mol. The van der Waals surface area contributed by atoms with Crippen LogP contribution in [0, 0.1) is 0 Å². The summed E-state index contributed by atoms with van der Waals surface area (Å²) in [6, 6.07) is 59.3. The first-order valence-corrected chi connectivity index (χ1v) is 20.8. The smallest absolute Gasteiger partial charge is 0.238 e. The third-order valence-corrected chi connectivity index (χ3v) is 12.1. The van der Waals surface area contributed by atoms with Gasteiger partial charge in [0.05, 0.1) is 34.5 Å². The SMILES string of the molecule is [2H]c1c([2H])c([2H])c(-c2nc(-c3cc(-n4c5ccccc5c5ccccc54)cc4c3oc3cccc(-c5ccccc5)c34)nc(-n3c4ccccc4c4cc(-c5ccccc5)ccc43)n2)c([2H])c1[2H]. The van der Waals surface area contributed by atoms with Crippen molar-refractivity contribution in [3.05, 3.63) is 212 Å². The molecule has 4 aromatic heterocycles. The van der Waals surface area contributed by atoms with Crippen LogP contribution >= 0.6 is 0 Å². The van der Waals surface area contributed by atoms with Gasteiger partial charge in [-0.15, -0.1) is 0 Å². The minimum Gasteiger partial charge on any atom is -0.455 e. The van der Waals surface area contributed by atoms with E-state index in [1.807, 2.05) is 102 Å². The Morgan fingerprint density at radius 1 is 0.397 bits per heavy atom. The van der Waals surface area contributed by atoms with Gasteiger partial charge in [-0.2, -0.15) is 9.97 Å². The zero-order chi connectivity index (χ0) is 45.8. The van der Waals surface area contributed by atoms with E-state index in [1.165, 1.54) is 0 Å². The van der Waals surface area contributed by atoms with Crippen molar-refractivity contribution in [1.82, 2.24) is 24.1 Å². The first kappa shape index (κ1) is 30.4. The van der Waals surface area contributed by atoms with Crippen LogP contribution in [-0.2, 0) is 0 Å². The summed E-state index contributed by atoms with van der Waals surface area (Å²) in [6.07, 6.45) is 0. The Labute approximate surface area is 368 Å². The molecule has 0 radical (unpaired) electrons. The molecule has 4 heterocycles. The van der Waals surface area contributed by atoms with Crippen LogP contribution in [0.2, 0.25) is 0 Å². The van der Waals surface area contributed by atoms with Crippen molar-refractivity contribution in [1.29, 1.82) is 0 Å². The Morgan fingerprint density at radius 3 is 1.71 bits per heavy atom. The maximum Gasteiger partial charge on any atom is 0.238 e. The largest absolute Gasteiger partial charge is 0.455 e. The highest BCUT2D eigenvalue weighted by Crippen LogP contribution is 2.44. The number of hydrogen-bond donors (Lipinski definition) is 0. The van der Waals surface area contributed by atoms with Crippen molar-refractivity contribution in [2.45, 2.75) is 0 Å². The quantitative estimate of drug-likeness (QED) is 0.168. The Bertz CT molecular complexity index is 4140. The van der Waals surface area contributed by atoms with E-state index in [9.17, 15) is 0 Å². The van der Waals surface area contributed by atoms with Crippen molar-refractivity contribution >= 4 is 65.6 Å². The molecule has 6 heteroatoms. The van der Waals surface area contributed by atoms with Crippen LogP contribution in [0.3, 0.4) is 0 Å². The fraction of sp³-hybridized carbons (Fsp3) is 0. The van der Waals surface area contributed by atoms with Gasteiger partial charge in [-0.05, 0) is 70.8 Å². The van der Waals surface area contributed by atoms with Gasteiger partial charge in [-0.25, -0.2) is 4.98 Å². The summed E-state index contributed by atoms with van der Waals surface area (Å²) in [5, 5.41) is 5.86. The van der Waals surface area contributed by atoms with Crippen molar-refractivity contribution in [3.63, 3.8) is 0 Å². The number of aromatic nitrogens is 5. The average molecular weight is 811 g/mol. The molecule has 0 fully saturated rings. The van der Waals surface area contributed by atoms with Crippen LogP contribution in [0.1, 0.15) is 6.85 Å². The van der Waals surface area contributed by atoms with Crippen molar-refractivity contribution in [3.8, 4) is 56.7 Å². The number of rotatable bonds is 6. The highest BCUT2D eigenvalue weighted by Gasteiger charge is 2.24. The Morgan fingerprint density at radius 2 is 1.00 bits per heavy atom. The molecule has 294 valence electrons. The van der Waals surface area contributed by atoms with E-state index >= 15 is 0 Å². The van der Waals surface area contributed by atoms with E-state index in [0.717, 1.165) is 82.3 Å². The molecule has 0 saturated heterocycles. The molecule has 0 spiro atoms. The zero-order valence-electron chi connectivity index (χ0n) is 38.5. The minimum atomic E-state index is -0.507. The van der Waals surface area contributed by atoms with Gasteiger partial charge in [0.1, 0.15) is 11.2 Å². The standard InChI is InChI=1S/C57H35N5O/c1-4-17-36(18-5-1)39-31-32-51-45(33-39)44-25-12-15-29-50(44)62(51)57-59-55(38-21-8-3-9-22-38)58-56(60-57)47-35-40(61-48-27-13-10-23-42(48)43-24-11-14-28-49(43)61)34-46-53-41(37-19-6-2-7-20-37)26-16-30-52(53)63-54(46)47/h1-35H/i3D,8D,9D,21D,22D. The highest BCUT2D eigenvalue weighted by molar-refractivity contribution is 6.17. The summed E-state index contributed by atoms with van der Waals surface area (Å²) in [5.74, 6) is 0.314. The second kappa shape index (κ2) is 14.0. The summed E-state index contributed by atoms with van der Waals surface area (Å²) in [5.41, 5.74) is 10.2. The first-order chi connectivity index (χ1) is 33.3. The van der Waals surface area contributed by atoms with Crippen molar-refractivity contribution < 1.29 is 11.3 Å². The van der Waals surface area contributed by atoms with Gasteiger partial charge in [0, 0.05) is 43.6 Å². The lowest BCUT2D eigenvalue weighted by atomic mass is 9.98. The maximum atomic E-state index is 9.15. The van der Waals surface area contributed by atoms with Crippen LogP contribution in [0.4, 0.5) is 0 Å². The fourth-order valence-corrected chi connectivity index (χ4v) is 9.32. The van der Waals surface area contributed by atoms with E-state index < -0.39 is 30.2 Å². The van der Waals surface area contributed by atoms with Gasteiger partial charge in [0.15, 0.2) is 11.6 Å². The van der Waals surface area contributed by atoms with Gasteiger partial charge in [0.2, 0.25) is 5.95 Å². The molecule has 0 aliphatic carbocycles. The zero-order valence-corrected chi connectivity index (χ0v) is 33.5. The van der Waals surface area contributed by atoms with Crippen LogP contribution in [0.15, 0.2) is 217 Å². The van der Waals surface area contributed by atoms with E-state index in [2.05, 4.69) is 89.5 Å². The number of hydrogen-bond acceptors (Lipinski definition) is 4. The predicted molar refractivity (Wildman–Crippen MR) is 258 cm³/mol. The van der Waals surface area contributed by atoms with Crippen molar-refractivity contribution in [2.75, 3.05) is 0 Å². The number of benzene rings is 9. The van der Waals surface area contributed by atoms with Crippen LogP contribution < -0.4 is 0 Å². The maximum absolute atomic E-state index is 9.15. The molecular weight excluding hydrogens is 771 g/mol. The van der Waals surface area contributed by atoms with Crippen LogP contribution in [0.5, 0.6) is 0 Å². The van der Waals surface area contributed by atoms with E-state index in [-0.39, 0.29) is 23.2 Å². The minimum absolute atomic E-state index is 0.0784. The highest BCUT2D eigenvalue weighted by atomic mass is 16.3. The molecule has 0 amide bonds. The summed E-state index contributed by atoms with van der Waals surface area (Å²) in [7, 11) is 0. The molecule has 0 aliphatic heterocycles. The normalized spacial score (nSPS) is 12.9. The first-order valence-electron chi connectivity index (χ1n) is 23.3.